The van der Waals surface area contributed by atoms with Crippen LogP contribution in [0.2, 0.25) is 0 Å². The van der Waals surface area contributed by atoms with E-state index in [1.165, 1.54) is 11.1 Å². The van der Waals surface area contributed by atoms with E-state index in [2.05, 4.69) is 27.8 Å². The largest absolute Gasteiger partial charge is 0.353 e. The number of hydrogen-bond donors (Lipinski definition) is 2. The summed E-state index contributed by atoms with van der Waals surface area (Å²) in [6.07, 6.45) is 6.14. The third kappa shape index (κ3) is 2.88. The Morgan fingerprint density at radius 3 is 3.05 bits per heavy atom. The van der Waals surface area contributed by atoms with Crippen molar-refractivity contribution in [1.82, 2.24) is 20.2 Å². The predicted molar refractivity (Wildman–Crippen MR) is 76.0 cm³/mol. The van der Waals surface area contributed by atoms with Gasteiger partial charge in [0.05, 0.1) is 12.4 Å². The Labute approximate surface area is 118 Å². The molecule has 2 aromatic rings. The van der Waals surface area contributed by atoms with Crippen LogP contribution in [0.25, 0.3) is 0 Å². The summed E-state index contributed by atoms with van der Waals surface area (Å²) in [5, 5.41) is 6.26. The lowest BCUT2D eigenvalue weighted by atomic mass is 9.95. The smallest absolute Gasteiger partial charge is 0.237 e. The molecule has 0 saturated heterocycles. The average Bonchev–Trinajstić information content (AvgIpc) is 3.00. The molecule has 0 radical (unpaired) electrons. The Bertz CT molecular complexity index is 579. The van der Waals surface area contributed by atoms with Crippen LogP contribution in [0.5, 0.6) is 0 Å². The molecule has 1 aromatic carbocycles. The summed E-state index contributed by atoms with van der Waals surface area (Å²) in [4.78, 5) is 16.1. The van der Waals surface area contributed by atoms with Crippen LogP contribution in [0.15, 0.2) is 43.0 Å². The lowest BCUT2D eigenvalue weighted by molar-refractivity contribution is -0.123. The van der Waals surface area contributed by atoms with Gasteiger partial charge in [-0.25, -0.2) is 4.98 Å². The number of amides is 1. The third-order valence-corrected chi connectivity index (χ3v) is 3.63. The minimum absolute atomic E-state index is 0.0691. The number of rotatable bonds is 4. The molecule has 5 heteroatoms. The van der Waals surface area contributed by atoms with Gasteiger partial charge in [-0.3, -0.25) is 4.79 Å². The summed E-state index contributed by atoms with van der Waals surface area (Å²) < 4.78 is 1.95. The van der Waals surface area contributed by atoms with Crippen molar-refractivity contribution in [2.75, 3.05) is 6.54 Å². The van der Waals surface area contributed by atoms with E-state index in [9.17, 15) is 4.79 Å². The van der Waals surface area contributed by atoms with E-state index in [0.717, 1.165) is 19.5 Å². The molecule has 0 unspecified atom stereocenters. The predicted octanol–water partition coefficient (Wildman–Crippen LogP) is 0.714. The van der Waals surface area contributed by atoms with Crippen LogP contribution in [0, 0.1) is 0 Å². The molecule has 1 amide bonds. The first-order valence-electron chi connectivity index (χ1n) is 6.86. The van der Waals surface area contributed by atoms with Gasteiger partial charge in [0.1, 0.15) is 0 Å². The standard InChI is InChI=1S/C15H18N4O/c20-15(17-6-8-19-7-5-16-11-19)14-9-12-3-1-2-4-13(12)10-18-14/h1-5,7,11,14,18H,6,8-10H2,(H,17,20)/t14-/m1/s1. The number of fused-ring (bicyclic) bond motifs is 1. The Morgan fingerprint density at radius 1 is 1.40 bits per heavy atom. The topological polar surface area (TPSA) is 59.0 Å². The fourth-order valence-electron chi connectivity index (χ4n) is 2.49. The molecule has 0 spiro atoms. The number of hydrogen-bond acceptors (Lipinski definition) is 3. The maximum atomic E-state index is 12.1. The number of benzene rings is 1. The summed E-state index contributed by atoms with van der Waals surface area (Å²) in [6.45, 7) is 2.12. The van der Waals surface area contributed by atoms with Gasteiger partial charge in [-0.2, -0.15) is 0 Å². The zero-order valence-corrected chi connectivity index (χ0v) is 11.2. The molecule has 2 heterocycles. The van der Waals surface area contributed by atoms with Crippen LogP contribution < -0.4 is 10.6 Å². The molecule has 0 aliphatic carbocycles. The van der Waals surface area contributed by atoms with E-state index < -0.39 is 0 Å². The van der Waals surface area contributed by atoms with Gasteiger partial charge in [-0.1, -0.05) is 24.3 Å². The van der Waals surface area contributed by atoms with Crippen LogP contribution in [0.3, 0.4) is 0 Å². The quantitative estimate of drug-likeness (QED) is 0.860. The first-order chi connectivity index (χ1) is 9.83. The number of carbonyl (C=O) groups is 1. The van der Waals surface area contributed by atoms with Crippen molar-refractivity contribution >= 4 is 5.91 Å². The lowest BCUT2D eigenvalue weighted by Crippen LogP contribution is -2.48. The van der Waals surface area contributed by atoms with Crippen LogP contribution >= 0.6 is 0 Å². The van der Waals surface area contributed by atoms with Gasteiger partial charge in [0.25, 0.3) is 0 Å². The van der Waals surface area contributed by atoms with Gasteiger partial charge >= 0.3 is 0 Å². The Hall–Kier alpha value is -2.14. The molecule has 2 N–H and O–H groups in total. The first-order valence-corrected chi connectivity index (χ1v) is 6.86. The summed E-state index contributed by atoms with van der Waals surface area (Å²) >= 11 is 0. The van der Waals surface area contributed by atoms with E-state index in [4.69, 9.17) is 0 Å². The molecule has 1 aromatic heterocycles. The molecular weight excluding hydrogens is 252 g/mol. The van der Waals surface area contributed by atoms with Crippen molar-refractivity contribution in [1.29, 1.82) is 0 Å². The molecule has 1 atom stereocenters. The number of nitrogens with zero attached hydrogens (tertiary/aromatic N) is 2. The average molecular weight is 270 g/mol. The van der Waals surface area contributed by atoms with Gasteiger partial charge in [0, 0.05) is 32.0 Å². The van der Waals surface area contributed by atoms with Crippen molar-refractivity contribution in [3.63, 3.8) is 0 Å². The van der Waals surface area contributed by atoms with Crippen molar-refractivity contribution in [2.24, 2.45) is 0 Å². The Balaban J connectivity index is 1.51. The SMILES string of the molecule is O=C(NCCn1ccnc1)[C@H]1Cc2ccccc2CN1. The molecular formula is C15H18N4O. The molecule has 1 aliphatic rings. The number of nitrogens with one attached hydrogen (secondary N) is 2. The van der Waals surface area contributed by atoms with Crippen molar-refractivity contribution in [3.8, 4) is 0 Å². The van der Waals surface area contributed by atoms with Crippen molar-refractivity contribution < 1.29 is 4.79 Å². The van der Waals surface area contributed by atoms with E-state index in [0.29, 0.717) is 6.54 Å². The second-order valence-corrected chi connectivity index (χ2v) is 5.00. The highest BCUT2D eigenvalue weighted by atomic mass is 16.2. The molecule has 3 rings (SSSR count). The molecule has 0 bridgehead atoms. The Kier molecular flexibility index (Phi) is 3.78. The maximum absolute atomic E-state index is 12.1. The highest BCUT2D eigenvalue weighted by molar-refractivity contribution is 5.82. The number of imidazole rings is 1. The van der Waals surface area contributed by atoms with E-state index in [1.807, 2.05) is 22.9 Å². The maximum Gasteiger partial charge on any atom is 0.237 e. The zero-order valence-electron chi connectivity index (χ0n) is 11.2. The second-order valence-electron chi connectivity index (χ2n) is 5.00. The molecule has 1 aliphatic heterocycles. The number of carbonyl (C=O) groups excluding carboxylic acids is 1. The lowest BCUT2D eigenvalue weighted by Gasteiger charge is -2.25. The van der Waals surface area contributed by atoms with E-state index in [-0.39, 0.29) is 11.9 Å². The summed E-state index contributed by atoms with van der Waals surface area (Å²) in [5.74, 6) is 0.0691. The highest BCUT2D eigenvalue weighted by Crippen LogP contribution is 2.16. The third-order valence-electron chi connectivity index (χ3n) is 3.63. The highest BCUT2D eigenvalue weighted by Gasteiger charge is 2.23. The van der Waals surface area contributed by atoms with E-state index >= 15 is 0 Å². The zero-order chi connectivity index (χ0) is 13.8. The number of aromatic nitrogens is 2. The minimum Gasteiger partial charge on any atom is -0.353 e. The van der Waals surface area contributed by atoms with Gasteiger partial charge < -0.3 is 15.2 Å². The first kappa shape index (κ1) is 12.9. The van der Waals surface area contributed by atoms with Crippen molar-refractivity contribution in [2.45, 2.75) is 25.6 Å². The van der Waals surface area contributed by atoms with Crippen molar-refractivity contribution in [3.05, 3.63) is 54.1 Å². The summed E-state index contributed by atoms with van der Waals surface area (Å²) in [6, 6.07) is 8.13. The fourth-order valence-corrected chi connectivity index (χ4v) is 2.49. The van der Waals surface area contributed by atoms with Crippen LogP contribution in [0.4, 0.5) is 0 Å². The summed E-state index contributed by atoms with van der Waals surface area (Å²) in [7, 11) is 0. The molecule has 0 fully saturated rings. The van der Waals surface area contributed by atoms with Gasteiger partial charge in [0.2, 0.25) is 5.91 Å². The van der Waals surface area contributed by atoms with Crippen LogP contribution in [0.1, 0.15) is 11.1 Å². The fraction of sp³-hybridized carbons (Fsp3) is 0.333. The molecule has 20 heavy (non-hydrogen) atoms. The van der Waals surface area contributed by atoms with Gasteiger partial charge in [-0.05, 0) is 17.5 Å². The van der Waals surface area contributed by atoms with Crippen LogP contribution in [-0.2, 0) is 24.3 Å². The van der Waals surface area contributed by atoms with Gasteiger partial charge in [-0.15, -0.1) is 0 Å². The normalized spacial score (nSPS) is 17.5. The summed E-state index contributed by atoms with van der Waals surface area (Å²) in [5.41, 5.74) is 2.55. The Morgan fingerprint density at radius 2 is 2.25 bits per heavy atom. The molecule has 0 saturated carbocycles. The molecule has 5 nitrogen and oxygen atoms in total. The monoisotopic (exact) mass is 270 g/mol. The van der Waals surface area contributed by atoms with Crippen LogP contribution in [-0.4, -0.2) is 28.0 Å². The van der Waals surface area contributed by atoms with E-state index in [1.54, 1.807) is 12.5 Å². The van der Waals surface area contributed by atoms with Gasteiger partial charge in [0.15, 0.2) is 0 Å². The minimum atomic E-state index is -0.132. The molecule has 104 valence electrons. The second kappa shape index (κ2) is 5.88.